The van der Waals surface area contributed by atoms with Gasteiger partial charge in [-0.3, -0.25) is 4.79 Å². The van der Waals surface area contributed by atoms with E-state index in [0.717, 1.165) is 18.6 Å². The van der Waals surface area contributed by atoms with Crippen LogP contribution < -0.4 is 4.74 Å². The van der Waals surface area contributed by atoms with Gasteiger partial charge in [0.15, 0.2) is 0 Å². The molecule has 27 heavy (non-hydrogen) atoms. The lowest BCUT2D eigenvalue weighted by Gasteiger charge is -2.43. The summed E-state index contributed by atoms with van der Waals surface area (Å²) >= 11 is 0. The first-order chi connectivity index (χ1) is 13.3. The highest BCUT2D eigenvalue weighted by Crippen LogP contribution is 2.49. The number of ether oxygens (including phenoxy) is 1. The predicted octanol–water partition coefficient (Wildman–Crippen LogP) is 7.17. The molecule has 0 heterocycles. The van der Waals surface area contributed by atoms with Crippen molar-refractivity contribution in [3.8, 4) is 5.75 Å². The normalized spacial score (nSPS) is 24.4. The smallest absolute Gasteiger partial charge is 0.317 e. The highest BCUT2D eigenvalue weighted by atomic mass is 16.5. The fraction of sp³-hybridized carbons (Fsp3) is 0.720. The molecule has 0 atom stereocenters. The van der Waals surface area contributed by atoms with Crippen LogP contribution in [0.25, 0.3) is 0 Å². The second-order valence-electron chi connectivity index (χ2n) is 9.31. The molecule has 0 unspecified atom stereocenters. The largest absolute Gasteiger partial charge is 0.426 e. The molecule has 0 amide bonds. The van der Waals surface area contributed by atoms with Gasteiger partial charge in [-0.15, -0.1) is 0 Å². The molecule has 2 heteroatoms. The van der Waals surface area contributed by atoms with Crippen molar-refractivity contribution in [2.24, 2.45) is 11.3 Å². The van der Waals surface area contributed by atoms with Crippen LogP contribution in [0.2, 0.25) is 0 Å². The lowest BCUT2D eigenvalue weighted by atomic mass is 9.61. The summed E-state index contributed by atoms with van der Waals surface area (Å²) in [4.78, 5) is 13.6. The van der Waals surface area contributed by atoms with Crippen molar-refractivity contribution >= 4 is 5.97 Å². The van der Waals surface area contributed by atoms with Crippen molar-refractivity contribution in [1.82, 2.24) is 0 Å². The summed E-state index contributed by atoms with van der Waals surface area (Å²) in [7, 11) is 0. The van der Waals surface area contributed by atoms with Gasteiger partial charge in [0, 0.05) is 0 Å². The van der Waals surface area contributed by atoms with Crippen LogP contribution in [0.3, 0.4) is 0 Å². The third-order valence-corrected chi connectivity index (χ3v) is 7.71. The number of carbonyl (C=O) groups excluding carboxylic acids is 1. The second-order valence-corrected chi connectivity index (χ2v) is 9.31. The monoisotopic (exact) mass is 368 g/mol. The van der Waals surface area contributed by atoms with Gasteiger partial charge in [0.25, 0.3) is 0 Å². The quantitative estimate of drug-likeness (QED) is 0.416. The number of esters is 1. The van der Waals surface area contributed by atoms with E-state index in [1.807, 2.05) is 12.1 Å². The summed E-state index contributed by atoms with van der Waals surface area (Å²) in [5, 5.41) is 0. The predicted molar refractivity (Wildman–Crippen MR) is 110 cm³/mol. The van der Waals surface area contributed by atoms with Crippen molar-refractivity contribution in [2.45, 2.75) is 102 Å². The molecule has 1 aromatic carbocycles. The average molecular weight is 369 g/mol. The molecule has 3 aliphatic rings. The van der Waals surface area contributed by atoms with Gasteiger partial charge in [0.05, 0.1) is 5.41 Å². The first-order valence-corrected chi connectivity index (χ1v) is 11.6. The minimum atomic E-state index is -0.210. The average Bonchev–Trinajstić information content (AvgIpc) is 2.76. The summed E-state index contributed by atoms with van der Waals surface area (Å²) < 4.78 is 6.26. The molecule has 0 aromatic heterocycles. The summed E-state index contributed by atoms with van der Waals surface area (Å²) in [6.07, 6.45) is 18.5. The van der Waals surface area contributed by atoms with Crippen LogP contribution in [0, 0.1) is 11.3 Å². The van der Waals surface area contributed by atoms with E-state index in [9.17, 15) is 4.79 Å². The van der Waals surface area contributed by atoms with E-state index in [0.29, 0.717) is 11.8 Å². The van der Waals surface area contributed by atoms with Crippen LogP contribution in [-0.4, -0.2) is 5.97 Å². The fourth-order valence-corrected chi connectivity index (χ4v) is 6.14. The lowest BCUT2D eigenvalue weighted by Crippen LogP contribution is -2.44. The number of hydrogen-bond donors (Lipinski definition) is 0. The maximum atomic E-state index is 13.6. The molecule has 3 fully saturated rings. The SMILES string of the molecule is O=C(Oc1ccccc1C1CCCCC1)C1(C2CCCCC2)CCCCC1. The van der Waals surface area contributed by atoms with Crippen LogP contribution in [0.1, 0.15) is 108 Å². The number of carbonyl (C=O) groups is 1. The highest BCUT2D eigenvalue weighted by Gasteiger charge is 2.47. The third kappa shape index (κ3) is 4.10. The standard InChI is InChI=1S/C25H36O2/c26-24(25(18-10-3-11-19-25)21-14-6-2-7-15-21)27-23-17-9-8-16-22(23)20-12-4-1-5-13-20/h8-9,16-17,20-21H,1-7,10-15,18-19H2. The van der Waals surface area contributed by atoms with Crippen molar-refractivity contribution in [2.75, 3.05) is 0 Å². The Bertz CT molecular complexity index is 617. The third-order valence-electron chi connectivity index (χ3n) is 7.71. The van der Waals surface area contributed by atoms with Gasteiger partial charge in [-0.1, -0.05) is 76.0 Å². The van der Waals surface area contributed by atoms with E-state index < -0.39 is 0 Å². The van der Waals surface area contributed by atoms with Gasteiger partial charge in [-0.05, 0) is 62.0 Å². The minimum Gasteiger partial charge on any atom is -0.426 e. The molecule has 0 N–H and O–H groups in total. The molecule has 3 aliphatic carbocycles. The molecule has 0 radical (unpaired) electrons. The van der Waals surface area contributed by atoms with E-state index in [4.69, 9.17) is 4.74 Å². The second kappa shape index (κ2) is 8.80. The van der Waals surface area contributed by atoms with Crippen molar-refractivity contribution < 1.29 is 9.53 Å². The zero-order valence-corrected chi connectivity index (χ0v) is 16.9. The van der Waals surface area contributed by atoms with Crippen LogP contribution >= 0.6 is 0 Å². The van der Waals surface area contributed by atoms with Crippen LogP contribution in [0.15, 0.2) is 24.3 Å². The molecule has 0 spiro atoms. The zero-order chi connectivity index (χ0) is 18.5. The first-order valence-electron chi connectivity index (χ1n) is 11.6. The Labute approximate surface area is 165 Å². The Hall–Kier alpha value is -1.31. The maximum absolute atomic E-state index is 13.6. The number of benzene rings is 1. The number of hydrogen-bond acceptors (Lipinski definition) is 2. The van der Waals surface area contributed by atoms with Gasteiger partial charge < -0.3 is 4.74 Å². The van der Waals surface area contributed by atoms with Gasteiger partial charge >= 0.3 is 5.97 Å². The zero-order valence-electron chi connectivity index (χ0n) is 16.9. The van der Waals surface area contributed by atoms with Gasteiger partial charge in [-0.25, -0.2) is 0 Å². The van der Waals surface area contributed by atoms with Gasteiger partial charge in [0.1, 0.15) is 5.75 Å². The van der Waals surface area contributed by atoms with E-state index in [-0.39, 0.29) is 11.4 Å². The Balaban J connectivity index is 1.56. The Morgan fingerprint density at radius 2 is 1.37 bits per heavy atom. The van der Waals surface area contributed by atoms with Crippen LogP contribution in [-0.2, 0) is 4.79 Å². The molecule has 148 valence electrons. The number of rotatable bonds is 4. The maximum Gasteiger partial charge on any atom is 0.317 e. The summed E-state index contributed by atoms with van der Waals surface area (Å²) in [6, 6.07) is 8.38. The van der Waals surface area contributed by atoms with Gasteiger partial charge in [0.2, 0.25) is 0 Å². The summed E-state index contributed by atoms with van der Waals surface area (Å²) in [5.41, 5.74) is 1.07. The molecule has 2 nitrogen and oxygen atoms in total. The molecule has 4 rings (SSSR count). The van der Waals surface area contributed by atoms with Gasteiger partial charge in [-0.2, -0.15) is 0 Å². The fourth-order valence-electron chi connectivity index (χ4n) is 6.14. The first kappa shape index (κ1) is 19.0. The summed E-state index contributed by atoms with van der Waals surface area (Å²) in [5.74, 6) is 2.06. The topological polar surface area (TPSA) is 26.3 Å². The highest BCUT2D eigenvalue weighted by molar-refractivity contribution is 5.80. The molecular weight excluding hydrogens is 332 g/mol. The van der Waals surface area contributed by atoms with E-state index in [1.165, 1.54) is 89.0 Å². The summed E-state index contributed by atoms with van der Waals surface area (Å²) in [6.45, 7) is 0. The lowest BCUT2D eigenvalue weighted by molar-refractivity contribution is -0.153. The van der Waals surface area contributed by atoms with E-state index in [1.54, 1.807) is 0 Å². The van der Waals surface area contributed by atoms with Crippen molar-refractivity contribution in [3.63, 3.8) is 0 Å². The molecule has 3 saturated carbocycles. The molecular formula is C25H36O2. The van der Waals surface area contributed by atoms with E-state index in [2.05, 4.69) is 12.1 Å². The Morgan fingerprint density at radius 3 is 2.07 bits per heavy atom. The molecule has 1 aromatic rings. The molecule has 0 bridgehead atoms. The Morgan fingerprint density at radius 1 is 0.778 bits per heavy atom. The van der Waals surface area contributed by atoms with Crippen molar-refractivity contribution in [3.05, 3.63) is 29.8 Å². The Kier molecular flexibility index (Phi) is 6.20. The van der Waals surface area contributed by atoms with E-state index >= 15 is 0 Å². The minimum absolute atomic E-state index is 0.0948. The van der Waals surface area contributed by atoms with Crippen LogP contribution in [0.5, 0.6) is 5.75 Å². The van der Waals surface area contributed by atoms with Crippen molar-refractivity contribution in [1.29, 1.82) is 0 Å². The number of para-hydroxylation sites is 1. The molecule has 0 aliphatic heterocycles. The van der Waals surface area contributed by atoms with Crippen LogP contribution in [0.4, 0.5) is 0 Å². The molecule has 0 saturated heterocycles.